The van der Waals surface area contributed by atoms with Gasteiger partial charge in [0, 0.05) is 27.9 Å². The Hall–Kier alpha value is -9.74. The van der Waals surface area contributed by atoms with Crippen LogP contribution >= 0.6 is 0 Å². The smallest absolute Gasteiger partial charge is 0.211 e. The molecular formula is C69H48N4. The topological polar surface area (TPSA) is 15.2 Å². The number of para-hydroxylation sites is 2. The van der Waals surface area contributed by atoms with Crippen molar-refractivity contribution in [1.29, 1.82) is 0 Å². The number of fused-ring (bicyclic) bond motifs is 5. The molecular weight excluding hydrogens is 885 g/mol. The SMILES string of the molecule is [C-]#[N+]c1cc(-c2ccccc2)cc(-c2ccccc2)c1N(c1ccccc1)c1ccc2c(c1)C(C)(C)c1cc(N(c3ccccc3)c3c([N+]#[C-])cc(-c4ccccc4)cc3-c3ccccc3)c3ccccc3c1-2. The van der Waals surface area contributed by atoms with E-state index in [1.165, 1.54) is 22.3 Å². The highest BCUT2D eigenvalue weighted by atomic mass is 15.2. The molecule has 0 fully saturated rings. The Labute approximate surface area is 427 Å². The fourth-order valence-electron chi connectivity index (χ4n) is 11.0. The maximum Gasteiger partial charge on any atom is 0.211 e. The van der Waals surface area contributed by atoms with Crippen molar-refractivity contribution in [2.24, 2.45) is 0 Å². The predicted octanol–water partition coefficient (Wildman–Crippen LogP) is 19.9. The monoisotopic (exact) mass is 932 g/mol. The summed E-state index contributed by atoms with van der Waals surface area (Å²) in [6, 6.07) is 89.1. The van der Waals surface area contributed by atoms with Crippen LogP contribution in [0.15, 0.2) is 255 Å². The van der Waals surface area contributed by atoms with E-state index in [4.69, 9.17) is 13.1 Å². The Morgan fingerprint density at radius 1 is 0.329 bits per heavy atom. The normalized spacial score (nSPS) is 12.1. The first kappa shape index (κ1) is 44.5. The molecule has 0 heterocycles. The average Bonchev–Trinajstić information content (AvgIpc) is 3.69. The van der Waals surface area contributed by atoms with Crippen LogP contribution in [0.25, 0.3) is 76.1 Å². The van der Waals surface area contributed by atoms with Crippen molar-refractivity contribution in [3.63, 3.8) is 0 Å². The van der Waals surface area contributed by atoms with Gasteiger partial charge in [-0.25, -0.2) is 9.69 Å². The molecule has 0 saturated heterocycles. The Kier molecular flexibility index (Phi) is 11.3. The standard InChI is InChI=1S/C69H48N4/c1-69(2)61-45-55(72(53-33-19-9-20-34-53)67-59(49-29-15-7-16-30-49)41-51(43-63(67)70-3)47-25-11-5-12-26-47)39-40-58(61)66-57-38-24-23-37-56(57)65(46-62(66)69)73(54-35-21-10-22-36-54)68-60(50-31-17-8-18-32-50)42-52(44-64(68)71-4)48-27-13-6-14-28-48/h5-46H,1-2H3. The lowest BCUT2D eigenvalue weighted by Crippen LogP contribution is -2.18. The van der Waals surface area contributed by atoms with Crippen LogP contribution in [0.1, 0.15) is 25.0 Å². The second-order valence-corrected chi connectivity index (χ2v) is 19.0. The second-order valence-electron chi connectivity index (χ2n) is 19.0. The van der Waals surface area contributed by atoms with Gasteiger partial charge in [-0.1, -0.05) is 202 Å². The zero-order chi connectivity index (χ0) is 49.5. The summed E-state index contributed by atoms with van der Waals surface area (Å²) in [5.74, 6) is 0. The molecule has 0 bridgehead atoms. The molecule has 0 aromatic heterocycles. The summed E-state index contributed by atoms with van der Waals surface area (Å²) in [4.78, 5) is 13.3. The van der Waals surface area contributed by atoms with Crippen LogP contribution in [0.4, 0.5) is 45.5 Å². The van der Waals surface area contributed by atoms with Crippen LogP contribution in [-0.4, -0.2) is 0 Å². The molecule has 0 radical (unpaired) electrons. The zero-order valence-corrected chi connectivity index (χ0v) is 40.5. The highest BCUT2D eigenvalue weighted by Crippen LogP contribution is 2.58. The fraction of sp³-hybridized carbons (Fsp3) is 0.0435. The third-order valence-electron chi connectivity index (χ3n) is 14.4. The number of anilines is 6. The van der Waals surface area contributed by atoms with Crippen LogP contribution < -0.4 is 9.80 Å². The third kappa shape index (κ3) is 7.80. The molecule has 73 heavy (non-hydrogen) atoms. The van der Waals surface area contributed by atoms with Crippen molar-refractivity contribution in [1.82, 2.24) is 0 Å². The van der Waals surface area contributed by atoms with Crippen molar-refractivity contribution < 1.29 is 0 Å². The van der Waals surface area contributed by atoms with Crippen molar-refractivity contribution in [2.45, 2.75) is 19.3 Å². The molecule has 0 N–H and O–H groups in total. The molecule has 0 aliphatic heterocycles. The van der Waals surface area contributed by atoms with Crippen LogP contribution in [-0.2, 0) is 5.41 Å². The molecule has 0 unspecified atom stereocenters. The van der Waals surface area contributed by atoms with Crippen LogP contribution in [0.2, 0.25) is 0 Å². The first-order valence-corrected chi connectivity index (χ1v) is 24.7. The van der Waals surface area contributed by atoms with E-state index in [0.717, 1.165) is 89.4 Å². The Morgan fingerprint density at radius 3 is 1.22 bits per heavy atom. The number of hydrogen-bond acceptors (Lipinski definition) is 2. The van der Waals surface area contributed by atoms with Crippen LogP contribution in [0, 0.1) is 13.1 Å². The van der Waals surface area contributed by atoms with Gasteiger partial charge in [0.2, 0.25) is 11.4 Å². The number of nitrogens with zero attached hydrogens (tertiary/aromatic N) is 4. The van der Waals surface area contributed by atoms with Gasteiger partial charge in [-0.2, -0.15) is 0 Å². The Bertz CT molecular complexity index is 3930. The molecule has 0 atom stereocenters. The van der Waals surface area contributed by atoms with Gasteiger partial charge in [-0.15, -0.1) is 0 Å². The summed E-state index contributed by atoms with van der Waals surface area (Å²) in [6.45, 7) is 22.3. The van der Waals surface area contributed by atoms with Crippen molar-refractivity contribution >= 4 is 56.3 Å². The lowest BCUT2D eigenvalue weighted by Gasteiger charge is -2.32. The molecule has 0 amide bonds. The van der Waals surface area contributed by atoms with Gasteiger partial charge in [0.15, 0.2) is 0 Å². The largest absolute Gasteiger partial charge is 0.320 e. The highest BCUT2D eigenvalue weighted by molar-refractivity contribution is 6.12. The van der Waals surface area contributed by atoms with Gasteiger partial charge in [0.25, 0.3) is 0 Å². The zero-order valence-electron chi connectivity index (χ0n) is 40.5. The van der Waals surface area contributed by atoms with Gasteiger partial charge >= 0.3 is 0 Å². The van der Waals surface area contributed by atoms with Gasteiger partial charge < -0.3 is 9.80 Å². The summed E-state index contributed by atoms with van der Waals surface area (Å²) in [5.41, 5.74) is 19.1. The van der Waals surface area contributed by atoms with Gasteiger partial charge in [-0.05, 0) is 139 Å². The summed E-state index contributed by atoms with van der Waals surface area (Å²) in [6.07, 6.45) is 0. The van der Waals surface area contributed by atoms with E-state index in [2.05, 4.69) is 215 Å². The first-order valence-electron chi connectivity index (χ1n) is 24.7. The molecule has 0 saturated carbocycles. The van der Waals surface area contributed by atoms with E-state index >= 15 is 0 Å². The minimum Gasteiger partial charge on any atom is -0.320 e. The van der Waals surface area contributed by atoms with Gasteiger partial charge in [0.1, 0.15) is 0 Å². The van der Waals surface area contributed by atoms with E-state index in [1.807, 2.05) is 72.8 Å². The van der Waals surface area contributed by atoms with Crippen molar-refractivity contribution in [3.05, 3.63) is 289 Å². The van der Waals surface area contributed by atoms with E-state index in [1.54, 1.807) is 0 Å². The first-order chi connectivity index (χ1) is 35.9. The average molecular weight is 933 g/mol. The van der Waals surface area contributed by atoms with E-state index < -0.39 is 5.41 Å². The minimum absolute atomic E-state index is 0.478. The van der Waals surface area contributed by atoms with E-state index in [9.17, 15) is 0 Å². The van der Waals surface area contributed by atoms with E-state index in [-0.39, 0.29) is 0 Å². The van der Waals surface area contributed by atoms with Gasteiger partial charge in [0.05, 0.1) is 30.2 Å². The number of benzene rings is 11. The highest BCUT2D eigenvalue weighted by Gasteiger charge is 2.39. The molecule has 12 rings (SSSR count). The number of hydrogen-bond donors (Lipinski definition) is 0. The predicted molar refractivity (Wildman–Crippen MR) is 305 cm³/mol. The maximum atomic E-state index is 8.85. The molecule has 4 heteroatoms. The quantitative estimate of drug-likeness (QED) is 0.127. The Balaban J connectivity index is 1.08. The summed E-state index contributed by atoms with van der Waals surface area (Å²) < 4.78 is 0. The molecule has 11 aromatic rings. The molecule has 0 spiro atoms. The Morgan fingerprint density at radius 2 is 0.740 bits per heavy atom. The summed E-state index contributed by atoms with van der Waals surface area (Å²) >= 11 is 0. The van der Waals surface area contributed by atoms with Gasteiger partial charge in [-0.3, -0.25) is 0 Å². The molecule has 1 aliphatic carbocycles. The second kappa shape index (κ2) is 18.5. The molecule has 4 nitrogen and oxygen atoms in total. The van der Waals surface area contributed by atoms with Crippen LogP contribution in [0.5, 0.6) is 0 Å². The summed E-state index contributed by atoms with van der Waals surface area (Å²) in [7, 11) is 0. The van der Waals surface area contributed by atoms with Crippen LogP contribution in [0.3, 0.4) is 0 Å². The lowest BCUT2D eigenvalue weighted by molar-refractivity contribution is 0.661. The van der Waals surface area contributed by atoms with Crippen molar-refractivity contribution in [3.8, 4) is 55.6 Å². The number of rotatable bonds is 10. The molecule has 11 aromatic carbocycles. The fourth-order valence-corrected chi connectivity index (χ4v) is 11.0. The molecule has 1 aliphatic rings. The van der Waals surface area contributed by atoms with Crippen molar-refractivity contribution in [2.75, 3.05) is 9.80 Å². The summed E-state index contributed by atoms with van der Waals surface area (Å²) in [5, 5.41) is 2.22. The van der Waals surface area contributed by atoms with E-state index in [0.29, 0.717) is 11.4 Å². The lowest BCUT2D eigenvalue weighted by atomic mass is 9.81. The third-order valence-corrected chi connectivity index (χ3v) is 14.4. The minimum atomic E-state index is -0.478. The maximum absolute atomic E-state index is 8.85. The molecule has 344 valence electrons.